The van der Waals surface area contributed by atoms with Crippen molar-refractivity contribution in [3.63, 3.8) is 0 Å². The molecule has 0 aromatic carbocycles. The number of allylic oxidation sites excluding steroid dienone is 1. The number of aromatic nitrogens is 2. The molecule has 2 aliphatic heterocycles. The monoisotopic (exact) mass is 360 g/mol. The second kappa shape index (κ2) is 7.54. The van der Waals surface area contributed by atoms with Gasteiger partial charge in [-0.15, -0.1) is 6.58 Å². The highest BCUT2D eigenvalue weighted by atomic mass is 32.2. The van der Waals surface area contributed by atoms with Crippen LogP contribution in [0.3, 0.4) is 0 Å². The Morgan fingerprint density at radius 2 is 2.00 bits per heavy atom. The quantitative estimate of drug-likeness (QED) is 0.772. The maximum Gasteiger partial charge on any atom is 0.274 e. The molecule has 6 heteroatoms. The molecule has 136 valence electrons. The van der Waals surface area contributed by atoms with E-state index in [0.29, 0.717) is 12.6 Å². The van der Waals surface area contributed by atoms with E-state index in [2.05, 4.69) is 23.2 Å². The Labute approximate surface area is 154 Å². The zero-order chi connectivity index (χ0) is 17.2. The zero-order valence-electron chi connectivity index (χ0n) is 15.0. The van der Waals surface area contributed by atoms with Gasteiger partial charge in [-0.2, -0.15) is 16.9 Å². The lowest BCUT2D eigenvalue weighted by atomic mass is 9.90. The number of amides is 1. The first-order chi connectivity index (χ1) is 12.3. The third-order valence-corrected chi connectivity index (χ3v) is 6.72. The van der Waals surface area contributed by atoms with E-state index in [1.165, 1.54) is 42.3 Å². The summed E-state index contributed by atoms with van der Waals surface area (Å²) >= 11 is 2.05. The molecule has 1 amide bonds. The van der Waals surface area contributed by atoms with Crippen molar-refractivity contribution in [3.8, 4) is 0 Å². The first-order valence-corrected chi connectivity index (χ1v) is 10.7. The SMILES string of the molecule is C=CCn1nc(C(=O)N2CCCC2)c2c1CCC(N1CCSCC1)C2. The molecule has 0 spiro atoms. The summed E-state index contributed by atoms with van der Waals surface area (Å²) in [6.07, 6.45) is 7.30. The smallest absolute Gasteiger partial charge is 0.274 e. The number of hydrogen-bond donors (Lipinski definition) is 0. The predicted octanol–water partition coefficient (Wildman–Crippen LogP) is 2.21. The van der Waals surface area contributed by atoms with E-state index >= 15 is 0 Å². The van der Waals surface area contributed by atoms with Crippen molar-refractivity contribution < 1.29 is 4.79 Å². The Morgan fingerprint density at radius 1 is 1.24 bits per heavy atom. The van der Waals surface area contributed by atoms with Crippen molar-refractivity contribution in [1.29, 1.82) is 0 Å². The molecule has 0 N–H and O–H groups in total. The summed E-state index contributed by atoms with van der Waals surface area (Å²) in [4.78, 5) is 17.6. The summed E-state index contributed by atoms with van der Waals surface area (Å²) in [5.41, 5.74) is 3.20. The Balaban J connectivity index is 1.61. The Morgan fingerprint density at radius 3 is 2.72 bits per heavy atom. The van der Waals surface area contributed by atoms with Crippen LogP contribution in [0.2, 0.25) is 0 Å². The van der Waals surface area contributed by atoms with Crippen LogP contribution in [0.15, 0.2) is 12.7 Å². The molecular formula is C19H28N4OS. The van der Waals surface area contributed by atoms with Crippen molar-refractivity contribution in [1.82, 2.24) is 19.6 Å². The van der Waals surface area contributed by atoms with E-state index < -0.39 is 0 Å². The van der Waals surface area contributed by atoms with Crippen LogP contribution < -0.4 is 0 Å². The minimum atomic E-state index is 0.145. The molecule has 1 atom stereocenters. The van der Waals surface area contributed by atoms with Gasteiger partial charge in [0.25, 0.3) is 5.91 Å². The number of thioether (sulfide) groups is 1. The van der Waals surface area contributed by atoms with Crippen molar-refractivity contribution >= 4 is 17.7 Å². The van der Waals surface area contributed by atoms with E-state index in [1.807, 2.05) is 15.7 Å². The first kappa shape index (κ1) is 17.2. The van der Waals surface area contributed by atoms with Crippen LogP contribution in [0.5, 0.6) is 0 Å². The van der Waals surface area contributed by atoms with Gasteiger partial charge in [0.2, 0.25) is 0 Å². The normalized spacial score (nSPS) is 24.3. The third kappa shape index (κ3) is 3.38. The fraction of sp³-hybridized carbons (Fsp3) is 0.684. The molecule has 3 heterocycles. The van der Waals surface area contributed by atoms with Gasteiger partial charge in [0.1, 0.15) is 0 Å². The molecule has 2 fully saturated rings. The fourth-order valence-corrected chi connectivity index (χ4v) is 5.37. The third-order valence-electron chi connectivity index (χ3n) is 5.78. The van der Waals surface area contributed by atoms with Crippen molar-refractivity contribution in [2.24, 2.45) is 0 Å². The molecule has 1 unspecified atom stereocenters. The standard InChI is InChI=1S/C19H28N4OS/c1-2-7-23-17-6-5-15(21-10-12-25-13-11-21)14-16(17)18(20-23)19(24)22-8-3-4-9-22/h2,15H,1,3-14H2. The molecule has 1 aliphatic carbocycles. The van der Waals surface area contributed by atoms with Crippen LogP contribution in [0.1, 0.15) is 41.0 Å². The molecular weight excluding hydrogens is 332 g/mol. The van der Waals surface area contributed by atoms with Gasteiger partial charge in [-0.1, -0.05) is 6.08 Å². The number of fused-ring (bicyclic) bond motifs is 1. The molecule has 0 radical (unpaired) electrons. The number of hydrogen-bond acceptors (Lipinski definition) is 4. The van der Waals surface area contributed by atoms with Crippen LogP contribution >= 0.6 is 11.8 Å². The summed E-state index contributed by atoms with van der Waals surface area (Å²) in [5.74, 6) is 2.61. The Kier molecular flexibility index (Phi) is 5.17. The molecule has 1 aromatic heterocycles. The Bertz CT molecular complexity index is 644. The molecule has 4 rings (SSSR count). The molecule has 0 saturated carbocycles. The second-order valence-electron chi connectivity index (χ2n) is 7.29. The zero-order valence-corrected chi connectivity index (χ0v) is 15.8. The van der Waals surface area contributed by atoms with Crippen LogP contribution in [0.25, 0.3) is 0 Å². The molecule has 1 aromatic rings. The van der Waals surface area contributed by atoms with Gasteiger partial charge in [-0.3, -0.25) is 14.4 Å². The summed E-state index contributed by atoms with van der Waals surface area (Å²) < 4.78 is 2.02. The van der Waals surface area contributed by atoms with Gasteiger partial charge in [0, 0.05) is 55.0 Å². The largest absolute Gasteiger partial charge is 0.337 e. The van der Waals surface area contributed by atoms with E-state index in [1.54, 1.807) is 0 Å². The fourth-order valence-electron chi connectivity index (χ4n) is 4.44. The van der Waals surface area contributed by atoms with Crippen molar-refractivity contribution in [3.05, 3.63) is 29.6 Å². The maximum atomic E-state index is 13.0. The predicted molar refractivity (Wildman–Crippen MR) is 102 cm³/mol. The van der Waals surface area contributed by atoms with Crippen LogP contribution in [0.4, 0.5) is 0 Å². The van der Waals surface area contributed by atoms with Crippen LogP contribution in [-0.4, -0.2) is 69.2 Å². The van der Waals surface area contributed by atoms with Gasteiger partial charge in [-0.05, 0) is 32.1 Å². The lowest BCUT2D eigenvalue weighted by Crippen LogP contribution is -2.44. The molecule has 2 saturated heterocycles. The highest BCUT2D eigenvalue weighted by molar-refractivity contribution is 7.99. The van der Waals surface area contributed by atoms with Crippen LogP contribution in [0, 0.1) is 0 Å². The van der Waals surface area contributed by atoms with Crippen LogP contribution in [-0.2, 0) is 19.4 Å². The number of rotatable bonds is 4. The van der Waals surface area contributed by atoms with E-state index in [-0.39, 0.29) is 5.91 Å². The number of likely N-dealkylation sites (tertiary alicyclic amines) is 1. The first-order valence-electron chi connectivity index (χ1n) is 9.58. The van der Waals surface area contributed by atoms with Gasteiger partial charge >= 0.3 is 0 Å². The number of nitrogens with zero attached hydrogens (tertiary/aromatic N) is 4. The summed E-state index contributed by atoms with van der Waals surface area (Å²) in [6.45, 7) is 8.68. The molecule has 5 nitrogen and oxygen atoms in total. The highest BCUT2D eigenvalue weighted by Crippen LogP contribution is 2.30. The molecule has 3 aliphatic rings. The van der Waals surface area contributed by atoms with Gasteiger partial charge in [0.05, 0.1) is 6.54 Å². The lowest BCUT2D eigenvalue weighted by molar-refractivity contribution is 0.0784. The second-order valence-corrected chi connectivity index (χ2v) is 8.51. The van der Waals surface area contributed by atoms with Gasteiger partial charge in [-0.25, -0.2) is 0 Å². The van der Waals surface area contributed by atoms with Crippen molar-refractivity contribution in [2.45, 2.75) is 44.7 Å². The average Bonchev–Trinajstić information content (AvgIpc) is 3.30. The maximum absolute atomic E-state index is 13.0. The Hall–Kier alpha value is -1.27. The number of carbonyl (C=O) groups excluding carboxylic acids is 1. The molecule has 0 bridgehead atoms. The van der Waals surface area contributed by atoms with E-state index in [9.17, 15) is 4.79 Å². The summed E-state index contributed by atoms with van der Waals surface area (Å²) in [7, 11) is 0. The minimum Gasteiger partial charge on any atom is -0.337 e. The minimum absolute atomic E-state index is 0.145. The average molecular weight is 361 g/mol. The summed E-state index contributed by atoms with van der Waals surface area (Å²) in [6, 6.07) is 0.569. The van der Waals surface area contributed by atoms with E-state index in [0.717, 1.165) is 44.5 Å². The van der Waals surface area contributed by atoms with Gasteiger partial charge < -0.3 is 4.90 Å². The van der Waals surface area contributed by atoms with E-state index in [4.69, 9.17) is 5.10 Å². The number of carbonyl (C=O) groups is 1. The van der Waals surface area contributed by atoms with Gasteiger partial charge in [0.15, 0.2) is 5.69 Å². The topological polar surface area (TPSA) is 41.4 Å². The highest BCUT2D eigenvalue weighted by Gasteiger charge is 2.33. The van der Waals surface area contributed by atoms with Crippen molar-refractivity contribution in [2.75, 3.05) is 37.7 Å². The molecule has 25 heavy (non-hydrogen) atoms. The summed E-state index contributed by atoms with van der Waals surface area (Å²) in [5, 5.41) is 4.74. The lowest BCUT2D eigenvalue weighted by Gasteiger charge is -2.36.